The molecule has 5 nitrogen and oxygen atoms in total. The summed E-state index contributed by atoms with van der Waals surface area (Å²) in [4.78, 5) is 25.1. The van der Waals surface area contributed by atoms with Crippen LogP contribution in [0.5, 0.6) is 0 Å². The SMILES string of the molecule is CN(C)c1ccc(C(=O)N2CCC[C@@H](Cc3nc4ccccc4[nH]3)C2)cc1. The maximum Gasteiger partial charge on any atom is 0.253 e. The minimum atomic E-state index is 0.134. The molecule has 1 aliphatic rings. The molecule has 0 spiro atoms. The van der Waals surface area contributed by atoms with Gasteiger partial charge in [-0.25, -0.2) is 4.98 Å². The van der Waals surface area contributed by atoms with Crippen LogP contribution in [0, 0.1) is 5.92 Å². The Morgan fingerprint density at radius 2 is 1.96 bits per heavy atom. The van der Waals surface area contributed by atoms with Gasteiger partial charge in [0.15, 0.2) is 0 Å². The molecule has 0 unspecified atom stereocenters. The summed E-state index contributed by atoms with van der Waals surface area (Å²) in [6, 6.07) is 16.0. The van der Waals surface area contributed by atoms with E-state index < -0.39 is 0 Å². The van der Waals surface area contributed by atoms with E-state index in [0.717, 1.165) is 60.5 Å². The number of imidazole rings is 1. The number of aromatic nitrogens is 2. The van der Waals surface area contributed by atoms with Gasteiger partial charge < -0.3 is 14.8 Å². The molecule has 2 heterocycles. The average molecular weight is 362 g/mol. The minimum Gasteiger partial charge on any atom is -0.378 e. The molecule has 4 rings (SSSR count). The average Bonchev–Trinajstić information content (AvgIpc) is 3.10. The van der Waals surface area contributed by atoms with Crippen molar-refractivity contribution in [2.24, 2.45) is 5.92 Å². The van der Waals surface area contributed by atoms with Crippen molar-refractivity contribution in [3.63, 3.8) is 0 Å². The first-order chi connectivity index (χ1) is 13.1. The number of amides is 1. The van der Waals surface area contributed by atoms with Crippen LogP contribution in [-0.2, 0) is 6.42 Å². The van der Waals surface area contributed by atoms with Crippen LogP contribution in [-0.4, -0.2) is 48.0 Å². The number of hydrogen-bond donors (Lipinski definition) is 1. The number of hydrogen-bond acceptors (Lipinski definition) is 3. The van der Waals surface area contributed by atoms with Gasteiger partial charge in [0.25, 0.3) is 5.91 Å². The van der Waals surface area contributed by atoms with Crippen LogP contribution >= 0.6 is 0 Å². The highest BCUT2D eigenvalue weighted by molar-refractivity contribution is 5.94. The molecule has 1 saturated heterocycles. The summed E-state index contributed by atoms with van der Waals surface area (Å²) in [6.07, 6.45) is 3.07. The molecule has 1 N–H and O–H groups in total. The lowest BCUT2D eigenvalue weighted by Crippen LogP contribution is -2.40. The number of H-pyrrole nitrogens is 1. The fourth-order valence-electron chi connectivity index (χ4n) is 3.88. The summed E-state index contributed by atoms with van der Waals surface area (Å²) in [6.45, 7) is 1.64. The summed E-state index contributed by atoms with van der Waals surface area (Å²) < 4.78 is 0. The minimum absolute atomic E-state index is 0.134. The first-order valence-corrected chi connectivity index (χ1v) is 9.60. The zero-order chi connectivity index (χ0) is 18.8. The molecule has 1 fully saturated rings. The number of rotatable bonds is 4. The number of para-hydroxylation sites is 2. The molecule has 3 aromatic rings. The normalized spacial score (nSPS) is 17.3. The lowest BCUT2D eigenvalue weighted by atomic mass is 9.94. The van der Waals surface area contributed by atoms with Gasteiger partial charge in [0.2, 0.25) is 0 Å². The van der Waals surface area contributed by atoms with Gasteiger partial charge in [-0.2, -0.15) is 0 Å². The van der Waals surface area contributed by atoms with Crippen molar-refractivity contribution in [3.8, 4) is 0 Å². The van der Waals surface area contributed by atoms with Gasteiger partial charge in [0.05, 0.1) is 11.0 Å². The summed E-state index contributed by atoms with van der Waals surface area (Å²) in [7, 11) is 4.01. The van der Waals surface area contributed by atoms with Gasteiger partial charge in [0, 0.05) is 44.9 Å². The van der Waals surface area contributed by atoms with Crippen molar-refractivity contribution in [2.75, 3.05) is 32.1 Å². The van der Waals surface area contributed by atoms with Crippen LogP contribution in [0.3, 0.4) is 0 Å². The number of carbonyl (C=O) groups excluding carboxylic acids is 1. The number of nitrogens with one attached hydrogen (secondary N) is 1. The highest BCUT2D eigenvalue weighted by atomic mass is 16.2. The lowest BCUT2D eigenvalue weighted by molar-refractivity contribution is 0.0672. The highest BCUT2D eigenvalue weighted by Crippen LogP contribution is 2.23. The van der Waals surface area contributed by atoms with Crippen LogP contribution in [0.1, 0.15) is 29.0 Å². The third kappa shape index (κ3) is 3.82. The van der Waals surface area contributed by atoms with Crippen LogP contribution in [0.4, 0.5) is 5.69 Å². The Hall–Kier alpha value is -2.82. The number of nitrogens with zero attached hydrogens (tertiary/aromatic N) is 3. The van der Waals surface area contributed by atoms with Crippen LogP contribution in [0.15, 0.2) is 48.5 Å². The highest BCUT2D eigenvalue weighted by Gasteiger charge is 2.25. The molecule has 0 aliphatic carbocycles. The van der Waals surface area contributed by atoms with E-state index in [1.807, 2.05) is 66.4 Å². The van der Waals surface area contributed by atoms with E-state index >= 15 is 0 Å². The molecule has 0 bridgehead atoms. The van der Waals surface area contributed by atoms with E-state index in [1.54, 1.807) is 0 Å². The predicted molar refractivity (Wildman–Crippen MR) is 109 cm³/mol. The van der Waals surface area contributed by atoms with Crippen molar-refractivity contribution in [2.45, 2.75) is 19.3 Å². The van der Waals surface area contributed by atoms with E-state index in [1.165, 1.54) is 0 Å². The number of fused-ring (bicyclic) bond motifs is 1. The third-order valence-corrected chi connectivity index (χ3v) is 5.36. The van der Waals surface area contributed by atoms with E-state index in [4.69, 9.17) is 4.98 Å². The number of likely N-dealkylation sites (tertiary alicyclic amines) is 1. The number of carbonyl (C=O) groups is 1. The number of benzene rings is 2. The van der Waals surface area contributed by atoms with Gasteiger partial charge in [-0.05, 0) is 55.2 Å². The van der Waals surface area contributed by atoms with E-state index in [2.05, 4.69) is 11.1 Å². The molecule has 5 heteroatoms. The first kappa shape index (κ1) is 17.6. The van der Waals surface area contributed by atoms with Crippen LogP contribution in [0.2, 0.25) is 0 Å². The summed E-state index contributed by atoms with van der Waals surface area (Å²) in [5.74, 6) is 1.60. The molecule has 27 heavy (non-hydrogen) atoms. The molecular weight excluding hydrogens is 336 g/mol. The van der Waals surface area contributed by atoms with Crippen molar-refractivity contribution in [1.82, 2.24) is 14.9 Å². The number of anilines is 1. The Morgan fingerprint density at radius 1 is 1.19 bits per heavy atom. The molecule has 140 valence electrons. The molecule has 1 aliphatic heterocycles. The van der Waals surface area contributed by atoms with E-state index in [9.17, 15) is 4.79 Å². The van der Waals surface area contributed by atoms with E-state index in [0.29, 0.717) is 5.92 Å². The summed E-state index contributed by atoms with van der Waals surface area (Å²) in [5.41, 5.74) is 3.97. The van der Waals surface area contributed by atoms with Gasteiger partial charge in [-0.3, -0.25) is 4.79 Å². The predicted octanol–water partition coefficient (Wildman–Crippen LogP) is 3.72. The van der Waals surface area contributed by atoms with Gasteiger partial charge in [-0.15, -0.1) is 0 Å². The molecule has 1 atom stereocenters. The lowest BCUT2D eigenvalue weighted by Gasteiger charge is -2.32. The standard InChI is InChI=1S/C22H26N4O/c1-25(2)18-11-9-17(10-12-18)22(27)26-13-5-6-16(15-26)14-21-23-19-7-3-4-8-20(19)24-21/h3-4,7-12,16H,5-6,13-15H2,1-2H3,(H,23,24)/t16-/m0/s1. The maximum atomic E-state index is 12.9. The zero-order valence-corrected chi connectivity index (χ0v) is 16.0. The Balaban J connectivity index is 1.43. The van der Waals surface area contributed by atoms with Crippen LogP contribution < -0.4 is 4.90 Å². The smallest absolute Gasteiger partial charge is 0.253 e. The molecule has 2 aromatic carbocycles. The summed E-state index contributed by atoms with van der Waals surface area (Å²) in [5, 5.41) is 0. The molecule has 0 saturated carbocycles. The largest absolute Gasteiger partial charge is 0.378 e. The quantitative estimate of drug-likeness (QED) is 0.769. The number of piperidine rings is 1. The maximum absolute atomic E-state index is 12.9. The van der Waals surface area contributed by atoms with Crippen LogP contribution in [0.25, 0.3) is 11.0 Å². The fourth-order valence-corrected chi connectivity index (χ4v) is 3.88. The van der Waals surface area contributed by atoms with Gasteiger partial charge in [0.1, 0.15) is 5.82 Å². The second-order valence-electron chi connectivity index (χ2n) is 7.61. The molecule has 1 amide bonds. The van der Waals surface area contributed by atoms with Crippen molar-refractivity contribution >= 4 is 22.6 Å². The Kier molecular flexibility index (Phi) is 4.84. The summed E-state index contributed by atoms with van der Waals surface area (Å²) >= 11 is 0. The van der Waals surface area contributed by atoms with Gasteiger partial charge in [-0.1, -0.05) is 12.1 Å². The molecule has 1 aromatic heterocycles. The van der Waals surface area contributed by atoms with Crippen molar-refractivity contribution in [1.29, 1.82) is 0 Å². The van der Waals surface area contributed by atoms with Crippen molar-refractivity contribution < 1.29 is 4.79 Å². The monoisotopic (exact) mass is 362 g/mol. The topological polar surface area (TPSA) is 52.2 Å². The zero-order valence-electron chi connectivity index (χ0n) is 16.0. The Bertz CT molecular complexity index is 896. The Morgan fingerprint density at radius 3 is 2.70 bits per heavy atom. The van der Waals surface area contributed by atoms with E-state index in [-0.39, 0.29) is 5.91 Å². The third-order valence-electron chi connectivity index (χ3n) is 5.36. The van der Waals surface area contributed by atoms with Gasteiger partial charge >= 0.3 is 0 Å². The number of aromatic amines is 1. The van der Waals surface area contributed by atoms with Crippen molar-refractivity contribution in [3.05, 3.63) is 59.9 Å². The second-order valence-corrected chi connectivity index (χ2v) is 7.61. The second kappa shape index (κ2) is 7.43. The fraction of sp³-hybridized carbons (Fsp3) is 0.364. The molecular formula is C22H26N4O. The molecule has 0 radical (unpaired) electrons. The Labute approximate surface area is 160 Å². The first-order valence-electron chi connectivity index (χ1n) is 9.60.